The molecule has 0 aromatic carbocycles. The van der Waals surface area contributed by atoms with E-state index in [0.29, 0.717) is 0 Å². The van der Waals surface area contributed by atoms with E-state index in [1.165, 1.54) is 38.5 Å². The van der Waals surface area contributed by atoms with Crippen LogP contribution in [0.4, 0.5) is 0 Å². The summed E-state index contributed by atoms with van der Waals surface area (Å²) in [7, 11) is 0. The number of fused-ring (bicyclic) bond motifs is 2. The van der Waals surface area contributed by atoms with Crippen molar-refractivity contribution in [3.8, 4) is 0 Å². The first-order chi connectivity index (χ1) is 9.84. The third-order valence-electron chi connectivity index (χ3n) is 6.01. The molecular formula is C19H23ClZr. The number of hydrogen-bond donors (Lipinski definition) is 0. The Bertz CT molecular complexity index is 468. The molecule has 0 radical (unpaired) electrons. The van der Waals surface area contributed by atoms with Crippen LogP contribution < -0.4 is 12.4 Å². The van der Waals surface area contributed by atoms with E-state index in [2.05, 4.69) is 36.5 Å². The number of hydrogen-bond acceptors (Lipinski definition) is 0. The molecule has 0 spiro atoms. The van der Waals surface area contributed by atoms with Gasteiger partial charge < -0.3 is 12.4 Å². The summed E-state index contributed by atoms with van der Waals surface area (Å²) < 4.78 is 0.938. The Morgan fingerprint density at radius 2 is 1.29 bits per heavy atom. The van der Waals surface area contributed by atoms with Crippen molar-refractivity contribution < 1.29 is 37.1 Å². The molecule has 110 valence electrons. The third kappa shape index (κ3) is 2.86. The molecule has 2 heteroatoms. The Labute approximate surface area is 150 Å². The van der Waals surface area contributed by atoms with Crippen LogP contribution >= 0.6 is 0 Å². The summed E-state index contributed by atoms with van der Waals surface area (Å²) in [6.45, 7) is 0. The molecule has 0 aromatic heterocycles. The Kier molecular flexibility index (Phi) is 5.12. The molecule has 4 aliphatic carbocycles. The van der Waals surface area contributed by atoms with Crippen molar-refractivity contribution in [2.75, 3.05) is 0 Å². The first kappa shape index (κ1) is 16.0. The van der Waals surface area contributed by atoms with Gasteiger partial charge in [0.1, 0.15) is 0 Å². The molecule has 0 bridgehead atoms. The normalized spacial score (nSPS) is 38.0. The summed E-state index contributed by atoms with van der Waals surface area (Å²) in [6.07, 6.45) is 22.7. The van der Waals surface area contributed by atoms with Crippen LogP contribution in [0.3, 0.4) is 0 Å². The average Bonchev–Trinajstić information content (AvgIpc) is 3.11. The van der Waals surface area contributed by atoms with E-state index < -0.39 is 0 Å². The molecule has 4 atom stereocenters. The van der Waals surface area contributed by atoms with Crippen molar-refractivity contribution in [3.63, 3.8) is 0 Å². The fourth-order valence-corrected chi connectivity index (χ4v) is 6.72. The van der Waals surface area contributed by atoms with Crippen molar-refractivity contribution in [3.05, 3.63) is 47.6 Å². The second kappa shape index (κ2) is 6.71. The predicted molar refractivity (Wildman–Crippen MR) is 79.9 cm³/mol. The Hall–Kier alpha value is 0.133. The Morgan fingerprint density at radius 3 is 1.76 bits per heavy atom. The molecule has 0 amide bonds. The standard InChI is InChI=1S/C19H23.ClH.Zr/c1-3-7-18-14(5-1)9-11-16(18)13-17-12-10-15-6-2-4-8-19(15)17;;/h1-4,7-8,13-17H,5-6,9-12H2;1H;/q;;+1/p-1. The summed E-state index contributed by atoms with van der Waals surface area (Å²) in [4.78, 5) is 0. The molecule has 21 heavy (non-hydrogen) atoms. The van der Waals surface area contributed by atoms with Gasteiger partial charge in [-0.05, 0) is 0 Å². The van der Waals surface area contributed by atoms with Crippen LogP contribution in [0.25, 0.3) is 0 Å². The van der Waals surface area contributed by atoms with Gasteiger partial charge in [-0.3, -0.25) is 0 Å². The summed E-state index contributed by atoms with van der Waals surface area (Å²) in [6, 6.07) is 0. The van der Waals surface area contributed by atoms with Crippen LogP contribution in [0.5, 0.6) is 0 Å². The van der Waals surface area contributed by atoms with Crippen LogP contribution in [-0.4, -0.2) is 0 Å². The van der Waals surface area contributed by atoms with E-state index in [-0.39, 0.29) is 12.4 Å². The number of allylic oxidation sites excluding steroid dienone is 8. The maximum absolute atomic E-state index is 2.46. The first-order valence-electron chi connectivity index (χ1n) is 8.29. The number of halogens is 1. The molecule has 2 saturated carbocycles. The van der Waals surface area contributed by atoms with Gasteiger partial charge in [0.05, 0.1) is 0 Å². The van der Waals surface area contributed by atoms with Crippen molar-refractivity contribution in [2.24, 2.45) is 23.7 Å². The first-order valence-corrected chi connectivity index (χ1v) is 9.71. The van der Waals surface area contributed by atoms with E-state index in [0.717, 1.165) is 27.3 Å². The fourth-order valence-electron chi connectivity index (χ4n) is 4.96. The van der Waals surface area contributed by atoms with E-state index >= 15 is 0 Å². The summed E-state index contributed by atoms with van der Waals surface area (Å²) in [5.74, 6) is 3.59. The van der Waals surface area contributed by atoms with Gasteiger partial charge in [0, 0.05) is 0 Å². The molecule has 0 N–H and O–H groups in total. The molecule has 0 heterocycles. The van der Waals surface area contributed by atoms with Gasteiger partial charge in [-0.1, -0.05) is 0 Å². The molecule has 4 rings (SSSR count). The zero-order valence-corrected chi connectivity index (χ0v) is 15.7. The van der Waals surface area contributed by atoms with E-state index in [1.54, 1.807) is 24.7 Å². The van der Waals surface area contributed by atoms with Crippen molar-refractivity contribution in [1.29, 1.82) is 0 Å². The maximum atomic E-state index is 2.46. The SMILES string of the molecule is [Cl-].[Zr+][CH](C1CCC2CC=CC=C21)C1CCC2CC=CC=C21. The van der Waals surface area contributed by atoms with Gasteiger partial charge in [0.15, 0.2) is 0 Å². The van der Waals surface area contributed by atoms with Gasteiger partial charge in [-0.2, -0.15) is 0 Å². The van der Waals surface area contributed by atoms with Crippen LogP contribution in [0, 0.1) is 23.7 Å². The molecule has 0 aliphatic heterocycles. The molecule has 4 unspecified atom stereocenters. The van der Waals surface area contributed by atoms with Gasteiger partial charge in [0.2, 0.25) is 0 Å². The second-order valence-corrected chi connectivity index (χ2v) is 8.59. The Morgan fingerprint density at radius 1 is 0.810 bits per heavy atom. The van der Waals surface area contributed by atoms with Gasteiger partial charge >= 0.3 is 138 Å². The summed E-state index contributed by atoms with van der Waals surface area (Å²) >= 11 is 1.78. The second-order valence-electron chi connectivity index (χ2n) is 6.95. The van der Waals surface area contributed by atoms with E-state index in [9.17, 15) is 0 Å². The minimum atomic E-state index is 0. The summed E-state index contributed by atoms with van der Waals surface area (Å²) in [5, 5.41) is 0. The monoisotopic (exact) mass is 376 g/mol. The molecule has 4 aliphatic rings. The fraction of sp³-hybridized carbons (Fsp3) is 0.579. The third-order valence-corrected chi connectivity index (χ3v) is 7.99. The van der Waals surface area contributed by atoms with Gasteiger partial charge in [-0.25, -0.2) is 0 Å². The van der Waals surface area contributed by atoms with Crippen molar-refractivity contribution >= 4 is 0 Å². The van der Waals surface area contributed by atoms with Crippen LogP contribution in [-0.2, 0) is 24.7 Å². The number of rotatable bonds is 2. The van der Waals surface area contributed by atoms with Crippen LogP contribution in [0.15, 0.2) is 47.6 Å². The van der Waals surface area contributed by atoms with Gasteiger partial charge in [-0.15, -0.1) is 0 Å². The molecule has 0 saturated heterocycles. The average molecular weight is 378 g/mol. The minimum absolute atomic E-state index is 0. The van der Waals surface area contributed by atoms with Crippen molar-refractivity contribution in [2.45, 2.75) is 42.2 Å². The van der Waals surface area contributed by atoms with Crippen molar-refractivity contribution in [1.82, 2.24) is 0 Å². The molecule has 2 fully saturated rings. The van der Waals surface area contributed by atoms with E-state index in [1.807, 2.05) is 11.1 Å². The predicted octanol–water partition coefficient (Wildman–Crippen LogP) is 2.15. The quantitative estimate of drug-likeness (QED) is 0.691. The van der Waals surface area contributed by atoms with Crippen LogP contribution in [0.1, 0.15) is 38.5 Å². The van der Waals surface area contributed by atoms with Crippen LogP contribution in [0.2, 0.25) is 3.63 Å². The van der Waals surface area contributed by atoms with Gasteiger partial charge in [0.25, 0.3) is 0 Å². The molecular weight excluding hydrogens is 355 g/mol. The zero-order valence-electron chi connectivity index (χ0n) is 12.5. The topological polar surface area (TPSA) is 0 Å². The molecule has 0 nitrogen and oxygen atoms in total. The Balaban J connectivity index is 0.00000132. The zero-order chi connectivity index (χ0) is 13.5. The summed E-state index contributed by atoms with van der Waals surface area (Å²) in [5.41, 5.74) is 3.62. The molecule has 0 aromatic rings. The van der Waals surface area contributed by atoms with E-state index in [4.69, 9.17) is 0 Å².